The lowest BCUT2D eigenvalue weighted by Crippen LogP contribution is -2.50. The summed E-state index contributed by atoms with van der Waals surface area (Å²) in [5.74, 6) is 0.613. The Morgan fingerprint density at radius 3 is 2.40 bits per heavy atom. The number of hydrogen-bond donors (Lipinski definition) is 1. The van der Waals surface area contributed by atoms with Gasteiger partial charge in [0, 0.05) is 25.2 Å². The Balaban J connectivity index is 3.77. The van der Waals surface area contributed by atoms with Gasteiger partial charge in [0.15, 0.2) is 0 Å². The van der Waals surface area contributed by atoms with Crippen LogP contribution in [-0.2, 0) is 4.74 Å². The van der Waals surface area contributed by atoms with Gasteiger partial charge in [-0.25, -0.2) is 0 Å². The Morgan fingerprint density at radius 2 is 2.00 bits per heavy atom. The second-order valence-electron chi connectivity index (χ2n) is 4.94. The van der Waals surface area contributed by atoms with E-state index in [1.165, 1.54) is 0 Å². The second-order valence-corrected chi connectivity index (χ2v) is 4.94. The summed E-state index contributed by atoms with van der Waals surface area (Å²) in [5.41, 5.74) is 5.90. The van der Waals surface area contributed by atoms with E-state index in [9.17, 15) is 0 Å². The zero-order valence-electron chi connectivity index (χ0n) is 11.0. The molecule has 0 rings (SSSR count). The van der Waals surface area contributed by atoms with E-state index in [0.717, 1.165) is 26.2 Å². The molecule has 0 radical (unpaired) electrons. The van der Waals surface area contributed by atoms with Crippen LogP contribution in [0.1, 0.15) is 34.1 Å². The Hall–Kier alpha value is -0.120. The molecule has 15 heavy (non-hydrogen) atoms. The van der Waals surface area contributed by atoms with Gasteiger partial charge in [0.2, 0.25) is 0 Å². The summed E-state index contributed by atoms with van der Waals surface area (Å²) in [4.78, 5) is 2.30. The average Bonchev–Trinajstić information content (AvgIpc) is 2.22. The highest BCUT2D eigenvalue weighted by Gasteiger charge is 2.24. The zero-order chi connectivity index (χ0) is 11.9. The van der Waals surface area contributed by atoms with E-state index in [-0.39, 0.29) is 5.54 Å². The fourth-order valence-electron chi connectivity index (χ4n) is 1.36. The minimum absolute atomic E-state index is 0.112. The Bertz CT molecular complexity index is 156. The minimum Gasteiger partial charge on any atom is -0.380 e. The smallest absolute Gasteiger partial charge is 0.0593 e. The van der Waals surface area contributed by atoms with Crippen molar-refractivity contribution < 1.29 is 4.74 Å². The summed E-state index contributed by atoms with van der Waals surface area (Å²) in [6.07, 6.45) is 1.07. The van der Waals surface area contributed by atoms with Crippen molar-refractivity contribution in [3.05, 3.63) is 0 Å². The van der Waals surface area contributed by atoms with Gasteiger partial charge in [-0.15, -0.1) is 0 Å². The summed E-state index contributed by atoms with van der Waals surface area (Å²) in [7, 11) is 2.12. The van der Waals surface area contributed by atoms with Crippen molar-refractivity contribution in [1.29, 1.82) is 0 Å². The third-order valence-corrected chi connectivity index (χ3v) is 3.15. The normalized spacial score (nSPS) is 16.0. The minimum atomic E-state index is 0.112. The first-order chi connectivity index (χ1) is 6.96. The molecule has 0 saturated carbocycles. The number of nitrogens with two attached hydrogens (primary N) is 1. The van der Waals surface area contributed by atoms with Crippen LogP contribution in [0.5, 0.6) is 0 Å². The maximum Gasteiger partial charge on any atom is 0.0593 e. The Labute approximate surface area is 95.0 Å². The highest BCUT2D eigenvalue weighted by atomic mass is 16.5. The van der Waals surface area contributed by atoms with E-state index in [1.807, 2.05) is 0 Å². The van der Waals surface area contributed by atoms with Crippen molar-refractivity contribution in [2.24, 2.45) is 11.7 Å². The molecule has 1 atom stereocenters. The van der Waals surface area contributed by atoms with Crippen LogP contribution in [0.2, 0.25) is 0 Å². The molecular weight excluding hydrogens is 188 g/mol. The van der Waals surface area contributed by atoms with Gasteiger partial charge < -0.3 is 10.5 Å². The van der Waals surface area contributed by atoms with Crippen molar-refractivity contribution >= 4 is 0 Å². The van der Waals surface area contributed by atoms with E-state index in [2.05, 4.69) is 39.6 Å². The largest absolute Gasteiger partial charge is 0.380 e. The van der Waals surface area contributed by atoms with Crippen molar-refractivity contribution in [3.63, 3.8) is 0 Å². The van der Waals surface area contributed by atoms with Gasteiger partial charge in [-0.3, -0.25) is 4.90 Å². The van der Waals surface area contributed by atoms with Crippen molar-refractivity contribution in [1.82, 2.24) is 4.90 Å². The average molecular weight is 216 g/mol. The lowest BCUT2D eigenvalue weighted by atomic mass is 9.97. The topological polar surface area (TPSA) is 38.5 Å². The van der Waals surface area contributed by atoms with Crippen LogP contribution < -0.4 is 5.73 Å². The van der Waals surface area contributed by atoms with E-state index < -0.39 is 0 Å². The summed E-state index contributed by atoms with van der Waals surface area (Å²) < 4.78 is 5.57. The molecule has 0 heterocycles. The molecule has 0 aromatic rings. The van der Waals surface area contributed by atoms with Gasteiger partial charge >= 0.3 is 0 Å². The summed E-state index contributed by atoms with van der Waals surface area (Å²) in [6, 6.07) is 0. The number of ether oxygens (including phenoxy) is 1. The quantitative estimate of drug-likeness (QED) is 0.628. The van der Waals surface area contributed by atoms with Crippen molar-refractivity contribution in [2.75, 3.05) is 33.4 Å². The van der Waals surface area contributed by atoms with E-state index in [1.54, 1.807) is 0 Å². The number of nitrogens with zero attached hydrogens (tertiary/aromatic N) is 1. The summed E-state index contributed by atoms with van der Waals surface area (Å²) in [6.45, 7) is 12.0. The molecule has 0 spiro atoms. The summed E-state index contributed by atoms with van der Waals surface area (Å²) in [5, 5.41) is 0. The lowest BCUT2D eigenvalue weighted by Gasteiger charge is -2.37. The predicted molar refractivity (Wildman–Crippen MR) is 66.0 cm³/mol. The highest BCUT2D eigenvalue weighted by molar-refractivity contribution is 4.83. The van der Waals surface area contributed by atoms with Crippen LogP contribution in [0.15, 0.2) is 0 Å². The fourth-order valence-corrected chi connectivity index (χ4v) is 1.36. The first-order valence-corrected chi connectivity index (χ1v) is 5.95. The van der Waals surface area contributed by atoms with Gasteiger partial charge in [-0.2, -0.15) is 0 Å². The van der Waals surface area contributed by atoms with Crippen LogP contribution in [0, 0.1) is 5.92 Å². The predicted octanol–water partition coefficient (Wildman–Crippen LogP) is 1.72. The third kappa shape index (κ3) is 5.50. The number of rotatable bonds is 8. The Kier molecular flexibility index (Phi) is 7.14. The molecule has 0 amide bonds. The van der Waals surface area contributed by atoms with Crippen LogP contribution in [0.3, 0.4) is 0 Å². The molecule has 3 heteroatoms. The molecule has 0 fully saturated rings. The van der Waals surface area contributed by atoms with Gasteiger partial charge in [-0.1, -0.05) is 20.8 Å². The van der Waals surface area contributed by atoms with E-state index >= 15 is 0 Å². The molecule has 0 aliphatic carbocycles. The van der Waals surface area contributed by atoms with Crippen LogP contribution in [0.25, 0.3) is 0 Å². The molecule has 0 saturated heterocycles. The van der Waals surface area contributed by atoms with Crippen LogP contribution >= 0.6 is 0 Å². The Morgan fingerprint density at radius 1 is 1.40 bits per heavy atom. The molecule has 3 nitrogen and oxygen atoms in total. The van der Waals surface area contributed by atoms with E-state index in [4.69, 9.17) is 10.5 Å². The SMILES string of the molecule is CCC(C)(CN)N(C)CCOCC(C)C. The third-order valence-electron chi connectivity index (χ3n) is 3.15. The van der Waals surface area contributed by atoms with Crippen LogP contribution in [-0.4, -0.2) is 43.8 Å². The molecule has 0 bridgehead atoms. The van der Waals surface area contributed by atoms with E-state index in [0.29, 0.717) is 12.5 Å². The maximum absolute atomic E-state index is 5.79. The molecule has 0 aromatic carbocycles. The monoisotopic (exact) mass is 216 g/mol. The number of hydrogen-bond acceptors (Lipinski definition) is 3. The number of likely N-dealkylation sites (N-methyl/N-ethyl adjacent to an activating group) is 1. The molecule has 0 aliphatic heterocycles. The molecule has 92 valence electrons. The maximum atomic E-state index is 5.79. The molecule has 1 unspecified atom stereocenters. The molecule has 2 N–H and O–H groups in total. The molecule has 0 aromatic heterocycles. The zero-order valence-corrected chi connectivity index (χ0v) is 11.0. The molecular formula is C12H28N2O. The van der Waals surface area contributed by atoms with Gasteiger partial charge in [0.05, 0.1) is 6.61 Å². The lowest BCUT2D eigenvalue weighted by molar-refractivity contribution is 0.0578. The standard InChI is InChI=1S/C12H28N2O/c1-6-12(4,10-13)14(5)7-8-15-9-11(2)3/h11H,6-10,13H2,1-5H3. The highest BCUT2D eigenvalue weighted by Crippen LogP contribution is 2.15. The van der Waals surface area contributed by atoms with Gasteiger partial charge in [-0.05, 0) is 26.3 Å². The molecule has 0 aliphatic rings. The van der Waals surface area contributed by atoms with Gasteiger partial charge in [0.25, 0.3) is 0 Å². The fraction of sp³-hybridized carbons (Fsp3) is 1.00. The first-order valence-electron chi connectivity index (χ1n) is 5.95. The van der Waals surface area contributed by atoms with Crippen molar-refractivity contribution in [2.45, 2.75) is 39.7 Å². The first kappa shape index (κ1) is 14.9. The van der Waals surface area contributed by atoms with Gasteiger partial charge in [0.1, 0.15) is 0 Å². The van der Waals surface area contributed by atoms with Crippen molar-refractivity contribution in [3.8, 4) is 0 Å². The second kappa shape index (κ2) is 7.20. The van der Waals surface area contributed by atoms with Crippen LogP contribution in [0.4, 0.5) is 0 Å². The summed E-state index contributed by atoms with van der Waals surface area (Å²) >= 11 is 0.